The first-order valence-corrected chi connectivity index (χ1v) is 24.0. The SMILES string of the molecule is Cc1c(-c2ccc3nc([C@@H]4C[C@H]5CC5N4C(=O)[C@H](NC(=O)O)C4CCOCC4)[nH]c3c2)nc2ccc(-c3ccc4nc([C@@H]5C[C@H]6CC6N5C(=O)[C@H](NC(=O)O)C5CCOCC5)[nH]c4c3)nc2c1C. The van der Waals surface area contributed by atoms with E-state index in [9.17, 15) is 29.4 Å². The highest BCUT2D eigenvalue weighted by Gasteiger charge is 2.58. The Kier molecular flexibility index (Phi) is 10.4. The lowest BCUT2D eigenvalue weighted by Gasteiger charge is -2.35. The van der Waals surface area contributed by atoms with Crippen molar-refractivity contribution >= 4 is 57.1 Å². The summed E-state index contributed by atoms with van der Waals surface area (Å²) in [5, 5.41) is 24.5. The number of aryl methyl sites for hydroxylation is 1. The van der Waals surface area contributed by atoms with Gasteiger partial charge in [-0.2, -0.15) is 0 Å². The standard InChI is InChI=1S/C50H54N10O8/c1-23-24(2)42-34(52-41(23)28-4-6-33-36(18-28)56-46(54-33)40-22-30-20-38(30)60(40)48(62)44(58-50(65)66)26-11-15-68-16-12-26)8-7-31(51-42)27-3-5-32-35(17-27)55-45(53-32)39-21-29-19-37(29)59(39)47(61)43(57-49(63)64)25-9-13-67-14-10-25/h3-8,17-18,25-26,29-30,37-40,43-44,57-58H,9-16,19-22H2,1-2H3,(H,53,55)(H,54,56)(H,63,64)(H,65,66)/t29-,30-,37?,38?,39+,40+,43-,44-/m1/s1. The Morgan fingerprint density at radius 1 is 0.618 bits per heavy atom. The van der Waals surface area contributed by atoms with Gasteiger partial charge < -0.3 is 50.1 Å². The van der Waals surface area contributed by atoms with Crippen LogP contribution in [0.3, 0.4) is 0 Å². The minimum atomic E-state index is -1.20. The Balaban J connectivity index is 0.794. The largest absolute Gasteiger partial charge is 0.465 e. The number of fused-ring (bicyclic) bond motifs is 5. The maximum atomic E-state index is 14.2. The number of hydrogen-bond donors (Lipinski definition) is 6. The molecule has 12 rings (SSSR count). The molecule has 4 aromatic heterocycles. The van der Waals surface area contributed by atoms with E-state index in [-0.39, 0.29) is 47.8 Å². The van der Waals surface area contributed by atoms with Crippen LogP contribution in [0.4, 0.5) is 9.59 Å². The Hall–Kier alpha value is -6.66. The lowest BCUT2D eigenvalue weighted by molar-refractivity contribution is -0.138. The third kappa shape index (κ3) is 7.48. The number of ether oxygens (including phenoxy) is 2. The highest BCUT2D eigenvalue weighted by Crippen LogP contribution is 2.55. The molecular weight excluding hydrogens is 869 g/mol. The number of hydrogen-bond acceptors (Lipinski definition) is 10. The zero-order valence-electron chi connectivity index (χ0n) is 37.9. The maximum Gasteiger partial charge on any atom is 0.405 e. The van der Waals surface area contributed by atoms with Gasteiger partial charge >= 0.3 is 12.2 Å². The fourth-order valence-corrected chi connectivity index (χ4v) is 12.0. The molecule has 4 amide bonds. The topological polar surface area (TPSA) is 241 Å². The molecule has 8 heterocycles. The smallest absolute Gasteiger partial charge is 0.405 e. The van der Waals surface area contributed by atoms with Crippen LogP contribution >= 0.6 is 0 Å². The van der Waals surface area contributed by atoms with E-state index in [0.717, 1.165) is 92.4 Å². The van der Waals surface area contributed by atoms with E-state index in [1.54, 1.807) is 0 Å². The molecule has 18 heteroatoms. The molecule has 68 heavy (non-hydrogen) atoms. The molecule has 2 aliphatic carbocycles. The number of carbonyl (C=O) groups excluding carboxylic acids is 2. The summed E-state index contributed by atoms with van der Waals surface area (Å²) in [6.07, 6.45) is 3.51. The average molecular weight is 923 g/mol. The van der Waals surface area contributed by atoms with Crippen molar-refractivity contribution in [1.29, 1.82) is 0 Å². The molecule has 4 aliphatic heterocycles. The Morgan fingerprint density at radius 2 is 1.10 bits per heavy atom. The first-order valence-electron chi connectivity index (χ1n) is 24.0. The number of carbonyl (C=O) groups is 4. The first kappa shape index (κ1) is 42.7. The molecular formula is C50H54N10O8. The van der Waals surface area contributed by atoms with Crippen LogP contribution in [0.5, 0.6) is 0 Å². The molecule has 2 saturated carbocycles. The molecule has 2 aromatic carbocycles. The number of benzene rings is 2. The number of likely N-dealkylation sites (tertiary alicyclic amines) is 2. The number of aromatic nitrogens is 6. The van der Waals surface area contributed by atoms with Gasteiger partial charge in [-0.15, -0.1) is 0 Å². The lowest BCUT2D eigenvalue weighted by Crippen LogP contribution is -2.53. The first-order chi connectivity index (χ1) is 33.0. The number of rotatable bonds is 10. The Labute approximate surface area is 390 Å². The van der Waals surface area contributed by atoms with Crippen LogP contribution in [-0.4, -0.2) is 125 Å². The highest BCUT2D eigenvalue weighted by molar-refractivity contribution is 5.91. The summed E-state index contributed by atoms with van der Waals surface area (Å²) in [4.78, 5) is 83.3. The zero-order valence-corrected chi connectivity index (χ0v) is 37.9. The van der Waals surface area contributed by atoms with Gasteiger partial charge in [0.15, 0.2) is 0 Å². The molecule has 0 bridgehead atoms. The molecule has 6 aliphatic rings. The number of nitrogens with one attached hydrogen (secondary N) is 4. The van der Waals surface area contributed by atoms with Crippen molar-refractivity contribution < 1.29 is 38.9 Å². The number of H-pyrrole nitrogens is 2. The second kappa shape index (κ2) is 16.5. The molecule has 6 N–H and O–H groups in total. The van der Waals surface area contributed by atoms with E-state index in [2.05, 4.69) is 40.5 Å². The number of piperidine rings is 2. The quantitative estimate of drug-likeness (QED) is 0.0833. The second-order valence-electron chi connectivity index (χ2n) is 19.9. The van der Waals surface area contributed by atoms with E-state index in [4.69, 9.17) is 29.4 Å². The number of aromatic amines is 2. The predicted molar refractivity (Wildman–Crippen MR) is 248 cm³/mol. The predicted octanol–water partition coefficient (Wildman–Crippen LogP) is 6.78. The Bertz CT molecular complexity index is 3030. The molecule has 18 nitrogen and oxygen atoms in total. The van der Waals surface area contributed by atoms with Crippen LogP contribution in [-0.2, 0) is 19.1 Å². The van der Waals surface area contributed by atoms with E-state index >= 15 is 0 Å². The number of nitrogens with zero attached hydrogens (tertiary/aromatic N) is 6. The van der Waals surface area contributed by atoms with Gasteiger partial charge in [0.05, 0.1) is 56.6 Å². The van der Waals surface area contributed by atoms with E-state index < -0.39 is 24.3 Å². The molecule has 0 spiro atoms. The fraction of sp³-hybridized carbons (Fsp3) is 0.480. The molecule has 6 fully saturated rings. The molecule has 6 aromatic rings. The van der Waals surface area contributed by atoms with Gasteiger partial charge in [0.2, 0.25) is 11.8 Å². The van der Waals surface area contributed by atoms with Gasteiger partial charge in [0.25, 0.3) is 0 Å². The van der Waals surface area contributed by atoms with Crippen molar-refractivity contribution in [3.8, 4) is 22.5 Å². The van der Waals surface area contributed by atoms with Crippen LogP contribution in [0.2, 0.25) is 0 Å². The lowest BCUT2D eigenvalue weighted by atomic mass is 9.90. The summed E-state index contributed by atoms with van der Waals surface area (Å²) < 4.78 is 11.0. The van der Waals surface area contributed by atoms with Crippen LogP contribution in [0.15, 0.2) is 48.5 Å². The summed E-state index contributed by atoms with van der Waals surface area (Å²) in [6, 6.07) is 14.0. The summed E-state index contributed by atoms with van der Waals surface area (Å²) in [7, 11) is 0. The van der Waals surface area contributed by atoms with Crippen molar-refractivity contribution in [3.63, 3.8) is 0 Å². The molecule has 2 unspecified atom stereocenters. The van der Waals surface area contributed by atoms with Gasteiger partial charge in [-0.25, -0.2) is 29.5 Å². The van der Waals surface area contributed by atoms with Crippen molar-refractivity contribution in [2.24, 2.45) is 23.7 Å². The third-order valence-corrected chi connectivity index (χ3v) is 15.9. The van der Waals surface area contributed by atoms with Crippen LogP contribution in [0, 0.1) is 37.5 Å². The molecule has 352 valence electrons. The average Bonchev–Trinajstić information content (AvgIpc) is 4.01. The molecule has 0 radical (unpaired) electrons. The normalized spacial score (nSPS) is 25.6. The van der Waals surface area contributed by atoms with E-state index in [1.807, 2.05) is 52.3 Å². The monoisotopic (exact) mass is 922 g/mol. The van der Waals surface area contributed by atoms with Crippen LogP contribution in [0.25, 0.3) is 55.6 Å². The van der Waals surface area contributed by atoms with E-state index in [1.165, 1.54) is 0 Å². The number of imidazole rings is 2. The maximum absolute atomic E-state index is 14.2. The van der Waals surface area contributed by atoms with Crippen molar-refractivity contribution in [1.82, 2.24) is 50.3 Å². The van der Waals surface area contributed by atoms with Crippen molar-refractivity contribution in [2.45, 2.75) is 101 Å². The summed E-state index contributed by atoms with van der Waals surface area (Å²) in [6.45, 7) is 6.17. The van der Waals surface area contributed by atoms with Gasteiger partial charge in [-0.05, 0) is 136 Å². The van der Waals surface area contributed by atoms with Gasteiger partial charge in [0, 0.05) is 49.6 Å². The summed E-state index contributed by atoms with van der Waals surface area (Å²) in [5.74, 6) is 1.55. The van der Waals surface area contributed by atoms with Crippen molar-refractivity contribution in [2.75, 3.05) is 26.4 Å². The number of carboxylic acid groups (broad SMARTS) is 2. The summed E-state index contributed by atoms with van der Waals surface area (Å²) in [5.41, 5.74) is 10.2. The molecule has 8 atom stereocenters. The van der Waals surface area contributed by atoms with Crippen LogP contribution < -0.4 is 10.6 Å². The second-order valence-corrected chi connectivity index (χ2v) is 19.9. The zero-order chi connectivity index (χ0) is 46.5. The van der Waals surface area contributed by atoms with E-state index in [0.29, 0.717) is 75.6 Å². The van der Waals surface area contributed by atoms with Gasteiger partial charge in [0.1, 0.15) is 23.7 Å². The summed E-state index contributed by atoms with van der Waals surface area (Å²) >= 11 is 0. The number of pyridine rings is 2. The van der Waals surface area contributed by atoms with Crippen molar-refractivity contribution in [3.05, 3.63) is 71.3 Å². The minimum Gasteiger partial charge on any atom is -0.465 e. The van der Waals surface area contributed by atoms with Gasteiger partial charge in [-0.1, -0.05) is 12.1 Å². The Morgan fingerprint density at radius 3 is 1.62 bits per heavy atom. The van der Waals surface area contributed by atoms with Crippen LogP contribution in [0.1, 0.15) is 86.2 Å². The molecule has 4 saturated heterocycles. The highest BCUT2D eigenvalue weighted by atomic mass is 16.5. The third-order valence-electron chi connectivity index (χ3n) is 15.9. The number of amides is 4. The fourth-order valence-electron chi connectivity index (χ4n) is 12.0. The van der Waals surface area contributed by atoms with Gasteiger partial charge in [-0.3, -0.25) is 9.59 Å². The minimum absolute atomic E-state index is 0.0850.